The Morgan fingerprint density at radius 3 is 2.38 bits per heavy atom. The van der Waals surface area contributed by atoms with Crippen LogP contribution in [0.1, 0.15) is 33.5 Å². The van der Waals surface area contributed by atoms with Crippen LogP contribution >= 0.6 is 0 Å². The molecule has 1 N–H and O–H groups in total. The predicted molar refractivity (Wildman–Crippen MR) is 149 cm³/mol. The first-order valence-corrected chi connectivity index (χ1v) is 13.3. The molecule has 2 amide bonds. The van der Waals surface area contributed by atoms with E-state index in [1.807, 2.05) is 42.5 Å². The fourth-order valence-electron chi connectivity index (χ4n) is 5.47. The second-order valence-corrected chi connectivity index (χ2v) is 10.2. The van der Waals surface area contributed by atoms with Crippen molar-refractivity contribution in [1.29, 1.82) is 0 Å². The number of piperazine rings is 1. The Balaban J connectivity index is 1.13. The molecule has 0 aromatic heterocycles. The largest absolute Gasteiger partial charge is 0.369 e. The van der Waals surface area contributed by atoms with Crippen LogP contribution < -0.4 is 15.1 Å². The van der Waals surface area contributed by atoms with E-state index < -0.39 is 6.04 Å². The molecule has 0 spiro atoms. The summed E-state index contributed by atoms with van der Waals surface area (Å²) < 4.78 is 0. The van der Waals surface area contributed by atoms with Crippen LogP contribution in [0, 0.1) is 13.8 Å². The van der Waals surface area contributed by atoms with Crippen LogP contribution in [0.25, 0.3) is 0 Å². The lowest BCUT2D eigenvalue weighted by atomic mass is 10.1. The Labute approximate surface area is 219 Å². The highest BCUT2D eigenvalue weighted by Crippen LogP contribution is 2.33. The van der Waals surface area contributed by atoms with Gasteiger partial charge in [0.25, 0.3) is 5.91 Å². The van der Waals surface area contributed by atoms with Crippen molar-refractivity contribution in [2.75, 3.05) is 49.1 Å². The van der Waals surface area contributed by atoms with E-state index in [0.29, 0.717) is 18.5 Å². The van der Waals surface area contributed by atoms with E-state index in [4.69, 9.17) is 0 Å². The average molecular weight is 497 g/mol. The highest BCUT2D eigenvalue weighted by Gasteiger charge is 2.38. The lowest BCUT2D eigenvalue weighted by Crippen LogP contribution is -2.49. The molecule has 1 unspecified atom stereocenters. The van der Waals surface area contributed by atoms with Gasteiger partial charge in [0.2, 0.25) is 5.91 Å². The fourth-order valence-corrected chi connectivity index (χ4v) is 5.47. The summed E-state index contributed by atoms with van der Waals surface area (Å²) >= 11 is 0. The van der Waals surface area contributed by atoms with E-state index in [-0.39, 0.29) is 11.8 Å². The smallest absolute Gasteiger partial charge is 0.259 e. The van der Waals surface area contributed by atoms with Crippen LogP contribution in [0.15, 0.2) is 72.8 Å². The highest BCUT2D eigenvalue weighted by atomic mass is 16.2. The number of nitrogens with zero attached hydrogens (tertiary/aromatic N) is 3. The Bertz CT molecular complexity index is 1250. The summed E-state index contributed by atoms with van der Waals surface area (Å²) in [6.07, 6.45) is 1.43. The summed E-state index contributed by atoms with van der Waals surface area (Å²) in [4.78, 5) is 33.2. The molecule has 1 saturated heterocycles. The fraction of sp³-hybridized carbons (Fsp3) is 0.355. The molecule has 0 saturated carbocycles. The lowest BCUT2D eigenvalue weighted by Gasteiger charge is -2.37. The SMILES string of the molecule is Cc1ccc(C)c(N2CCN(CCCNC(=O)C3Cc4ccccc4N3C(=O)c3ccccc3)CC2)c1. The molecule has 3 aromatic carbocycles. The predicted octanol–water partition coefficient (Wildman–Crippen LogP) is 4.20. The number of benzene rings is 3. The molecule has 2 aliphatic rings. The van der Waals surface area contributed by atoms with E-state index in [1.54, 1.807) is 17.0 Å². The monoisotopic (exact) mass is 496 g/mol. The summed E-state index contributed by atoms with van der Waals surface area (Å²) in [7, 11) is 0. The second kappa shape index (κ2) is 11.2. The molecule has 2 heterocycles. The van der Waals surface area contributed by atoms with Gasteiger partial charge in [0.1, 0.15) is 6.04 Å². The van der Waals surface area contributed by atoms with E-state index >= 15 is 0 Å². The Hall–Kier alpha value is -3.64. The standard InChI is InChI=1S/C31H36N4O2/c1-23-13-14-24(2)28(21-23)34-19-17-33(18-20-34)16-8-15-32-30(36)29-22-26-11-6-7-12-27(26)35(29)31(37)25-9-4-3-5-10-25/h3-7,9-14,21,29H,8,15-20,22H2,1-2H3,(H,32,36). The number of para-hydroxylation sites is 1. The number of amides is 2. The summed E-state index contributed by atoms with van der Waals surface area (Å²) in [6.45, 7) is 9.99. The first kappa shape index (κ1) is 25.0. The van der Waals surface area contributed by atoms with Gasteiger partial charge in [0.05, 0.1) is 0 Å². The first-order valence-electron chi connectivity index (χ1n) is 13.3. The van der Waals surface area contributed by atoms with Gasteiger partial charge in [0, 0.05) is 56.1 Å². The molecular weight excluding hydrogens is 460 g/mol. The maximum atomic E-state index is 13.4. The number of nitrogens with one attached hydrogen (secondary N) is 1. The quantitative estimate of drug-likeness (QED) is 0.498. The Morgan fingerprint density at radius 2 is 1.59 bits per heavy atom. The van der Waals surface area contributed by atoms with E-state index in [2.05, 4.69) is 47.2 Å². The van der Waals surface area contributed by atoms with Crippen LogP contribution in [-0.4, -0.2) is 62.0 Å². The van der Waals surface area contributed by atoms with Crippen molar-refractivity contribution in [1.82, 2.24) is 10.2 Å². The number of aryl methyl sites for hydroxylation is 2. The number of carbonyl (C=O) groups excluding carboxylic acids is 2. The molecule has 0 radical (unpaired) electrons. The molecule has 37 heavy (non-hydrogen) atoms. The van der Waals surface area contributed by atoms with Crippen LogP contribution in [-0.2, 0) is 11.2 Å². The number of rotatable bonds is 7. The minimum absolute atomic E-state index is 0.0831. The average Bonchev–Trinajstić information content (AvgIpc) is 3.32. The summed E-state index contributed by atoms with van der Waals surface area (Å²) in [5.74, 6) is -0.215. The van der Waals surface area contributed by atoms with Crippen molar-refractivity contribution in [3.63, 3.8) is 0 Å². The lowest BCUT2D eigenvalue weighted by molar-refractivity contribution is -0.122. The summed E-state index contributed by atoms with van der Waals surface area (Å²) in [5.41, 5.74) is 6.44. The maximum Gasteiger partial charge on any atom is 0.259 e. The van der Waals surface area contributed by atoms with Crippen molar-refractivity contribution in [2.24, 2.45) is 0 Å². The molecule has 192 valence electrons. The van der Waals surface area contributed by atoms with Crippen molar-refractivity contribution in [3.05, 3.63) is 95.1 Å². The van der Waals surface area contributed by atoms with Crippen LogP contribution in [0.3, 0.4) is 0 Å². The van der Waals surface area contributed by atoms with Crippen molar-refractivity contribution in [3.8, 4) is 0 Å². The van der Waals surface area contributed by atoms with E-state index in [9.17, 15) is 9.59 Å². The molecule has 3 aromatic rings. The number of hydrogen-bond acceptors (Lipinski definition) is 4. The number of hydrogen-bond donors (Lipinski definition) is 1. The molecule has 6 nitrogen and oxygen atoms in total. The third kappa shape index (κ3) is 5.54. The van der Waals surface area contributed by atoms with Crippen molar-refractivity contribution >= 4 is 23.2 Å². The Kier molecular flexibility index (Phi) is 7.56. The van der Waals surface area contributed by atoms with E-state index in [1.165, 1.54) is 16.8 Å². The Morgan fingerprint density at radius 1 is 0.865 bits per heavy atom. The second-order valence-electron chi connectivity index (χ2n) is 10.2. The highest BCUT2D eigenvalue weighted by molar-refractivity contribution is 6.11. The zero-order valence-corrected chi connectivity index (χ0v) is 21.8. The molecule has 2 aliphatic heterocycles. The van der Waals surface area contributed by atoms with Crippen LogP contribution in [0.2, 0.25) is 0 Å². The third-order valence-corrected chi connectivity index (χ3v) is 7.55. The van der Waals surface area contributed by atoms with Crippen molar-refractivity contribution < 1.29 is 9.59 Å². The number of carbonyl (C=O) groups is 2. The maximum absolute atomic E-state index is 13.4. The van der Waals surface area contributed by atoms with Gasteiger partial charge in [-0.3, -0.25) is 19.4 Å². The van der Waals surface area contributed by atoms with Gasteiger partial charge < -0.3 is 10.2 Å². The summed E-state index contributed by atoms with van der Waals surface area (Å²) in [6, 6.07) is 23.2. The van der Waals surface area contributed by atoms with Crippen molar-refractivity contribution in [2.45, 2.75) is 32.7 Å². The van der Waals surface area contributed by atoms with Gasteiger partial charge in [-0.1, -0.05) is 48.5 Å². The van der Waals surface area contributed by atoms with Gasteiger partial charge in [-0.25, -0.2) is 0 Å². The van der Waals surface area contributed by atoms with Gasteiger partial charge in [-0.2, -0.15) is 0 Å². The van der Waals surface area contributed by atoms with Gasteiger partial charge in [-0.05, 0) is 67.8 Å². The minimum atomic E-state index is -0.522. The third-order valence-electron chi connectivity index (χ3n) is 7.55. The molecule has 1 atom stereocenters. The first-order chi connectivity index (χ1) is 18.0. The topological polar surface area (TPSA) is 55.9 Å². The molecular formula is C31H36N4O2. The molecule has 0 bridgehead atoms. The zero-order valence-electron chi connectivity index (χ0n) is 21.8. The minimum Gasteiger partial charge on any atom is -0.369 e. The summed E-state index contributed by atoms with van der Waals surface area (Å²) in [5, 5.41) is 3.11. The number of anilines is 2. The van der Waals surface area contributed by atoms with Gasteiger partial charge in [0.15, 0.2) is 0 Å². The van der Waals surface area contributed by atoms with Crippen LogP contribution in [0.5, 0.6) is 0 Å². The molecule has 6 heteroatoms. The molecule has 1 fully saturated rings. The molecule has 5 rings (SSSR count). The normalized spacial score (nSPS) is 17.5. The molecule has 0 aliphatic carbocycles. The van der Waals surface area contributed by atoms with E-state index in [0.717, 1.165) is 50.4 Å². The number of fused-ring (bicyclic) bond motifs is 1. The van der Waals surface area contributed by atoms with Gasteiger partial charge in [-0.15, -0.1) is 0 Å². The van der Waals surface area contributed by atoms with Gasteiger partial charge >= 0.3 is 0 Å². The zero-order chi connectivity index (χ0) is 25.8. The van der Waals surface area contributed by atoms with Crippen LogP contribution in [0.4, 0.5) is 11.4 Å².